The molecule has 26 heavy (non-hydrogen) atoms. The van der Waals surface area contributed by atoms with Gasteiger partial charge in [0, 0.05) is 0 Å². The number of carbonyl (C=O) groups is 2. The van der Waals surface area contributed by atoms with Gasteiger partial charge in [-0.15, -0.1) is 0 Å². The van der Waals surface area contributed by atoms with Crippen LogP contribution in [0.25, 0.3) is 0 Å². The largest absolute Gasteiger partial charge is 0.481 e. The number of hydrogen-bond acceptors (Lipinski definition) is 4. The highest BCUT2D eigenvalue weighted by Gasteiger charge is 2.44. The molecule has 2 N–H and O–H groups in total. The third kappa shape index (κ3) is 5.40. The normalized spacial score (nSPS) is 11.3. The Balaban J connectivity index is 2.16. The van der Waals surface area contributed by atoms with Gasteiger partial charge in [0.05, 0.1) is 13.2 Å². The summed E-state index contributed by atoms with van der Waals surface area (Å²) >= 11 is 0. The van der Waals surface area contributed by atoms with Gasteiger partial charge >= 0.3 is 11.9 Å². The summed E-state index contributed by atoms with van der Waals surface area (Å²) in [5.74, 6) is -5.05. The minimum Gasteiger partial charge on any atom is -0.481 e. The van der Waals surface area contributed by atoms with E-state index in [2.05, 4.69) is 0 Å². The van der Waals surface area contributed by atoms with E-state index in [1.165, 1.54) is 0 Å². The zero-order valence-electron chi connectivity index (χ0n) is 14.8. The zero-order chi connectivity index (χ0) is 19.2. The first-order chi connectivity index (χ1) is 12.3. The lowest BCUT2D eigenvalue weighted by molar-refractivity contribution is -0.256. The molecule has 6 nitrogen and oxygen atoms in total. The number of carboxylic acids is 2. The minimum absolute atomic E-state index is 0.0756. The van der Waals surface area contributed by atoms with Crippen LogP contribution in [0.2, 0.25) is 0 Å². The van der Waals surface area contributed by atoms with E-state index in [9.17, 15) is 14.7 Å². The predicted octanol–water partition coefficient (Wildman–Crippen LogP) is 3.29. The molecule has 138 valence electrons. The fourth-order valence-electron chi connectivity index (χ4n) is 2.31. The molecule has 0 aromatic heterocycles. The first-order valence-electron chi connectivity index (χ1n) is 8.15. The number of aliphatic carboxylic acids is 2. The molecule has 0 fully saturated rings. The molecule has 0 spiro atoms. The van der Waals surface area contributed by atoms with Crippen molar-refractivity contribution in [3.05, 3.63) is 70.8 Å². The van der Waals surface area contributed by atoms with Gasteiger partial charge in [-0.05, 0) is 25.0 Å². The van der Waals surface area contributed by atoms with Crippen molar-refractivity contribution in [2.24, 2.45) is 0 Å². The first kappa shape index (κ1) is 19.6. The van der Waals surface area contributed by atoms with Gasteiger partial charge in [0.15, 0.2) is 0 Å². The van der Waals surface area contributed by atoms with E-state index in [-0.39, 0.29) is 13.2 Å². The molecular weight excluding hydrogens is 336 g/mol. The van der Waals surface area contributed by atoms with E-state index in [4.69, 9.17) is 14.6 Å². The summed E-state index contributed by atoms with van der Waals surface area (Å²) < 4.78 is 10.9. The third-order valence-electron chi connectivity index (χ3n) is 3.89. The van der Waals surface area contributed by atoms with E-state index >= 15 is 0 Å². The van der Waals surface area contributed by atoms with Crippen LogP contribution in [0.1, 0.15) is 28.7 Å². The van der Waals surface area contributed by atoms with Crippen LogP contribution in [0.3, 0.4) is 0 Å². The average molecular weight is 358 g/mol. The maximum Gasteiger partial charge on any atom is 0.365 e. The van der Waals surface area contributed by atoms with Gasteiger partial charge in [0.2, 0.25) is 0 Å². The van der Waals surface area contributed by atoms with Gasteiger partial charge in [-0.2, -0.15) is 0 Å². The number of aryl methyl sites for hydroxylation is 2. The maximum absolute atomic E-state index is 11.8. The van der Waals surface area contributed by atoms with Crippen molar-refractivity contribution >= 4 is 11.9 Å². The number of rotatable bonds is 9. The van der Waals surface area contributed by atoms with Crippen molar-refractivity contribution in [1.29, 1.82) is 0 Å². The van der Waals surface area contributed by atoms with Gasteiger partial charge in [0.1, 0.15) is 6.42 Å². The molecule has 0 aliphatic heterocycles. The molecular formula is C20H22O6. The second-order valence-electron chi connectivity index (χ2n) is 6.18. The molecule has 2 aromatic rings. The second kappa shape index (κ2) is 8.60. The molecule has 0 heterocycles. The molecule has 0 unspecified atom stereocenters. The smallest absolute Gasteiger partial charge is 0.365 e. The Hall–Kier alpha value is -2.70. The van der Waals surface area contributed by atoms with Crippen LogP contribution < -0.4 is 0 Å². The quantitative estimate of drug-likeness (QED) is 0.668. The first-order valence-corrected chi connectivity index (χ1v) is 8.15. The van der Waals surface area contributed by atoms with Crippen molar-refractivity contribution in [1.82, 2.24) is 0 Å². The van der Waals surface area contributed by atoms with E-state index in [1.54, 1.807) is 24.3 Å². The van der Waals surface area contributed by atoms with Gasteiger partial charge in [-0.25, -0.2) is 4.79 Å². The molecule has 0 radical (unpaired) electrons. The van der Waals surface area contributed by atoms with Gasteiger partial charge in [0.25, 0.3) is 5.79 Å². The number of carboxylic acid groups (broad SMARTS) is 2. The summed E-state index contributed by atoms with van der Waals surface area (Å²) in [5.41, 5.74) is 3.56. The van der Waals surface area contributed by atoms with Crippen LogP contribution in [0.15, 0.2) is 48.5 Å². The molecule has 0 saturated heterocycles. The lowest BCUT2D eigenvalue weighted by Gasteiger charge is -2.28. The summed E-state index contributed by atoms with van der Waals surface area (Å²) in [7, 11) is 0. The van der Waals surface area contributed by atoms with Crippen LogP contribution in [0, 0.1) is 13.8 Å². The van der Waals surface area contributed by atoms with Crippen LogP contribution in [0.4, 0.5) is 0 Å². The Morgan fingerprint density at radius 1 is 0.808 bits per heavy atom. The number of hydrogen-bond donors (Lipinski definition) is 2. The molecule has 0 saturated carbocycles. The Morgan fingerprint density at radius 2 is 1.19 bits per heavy atom. The molecule has 2 aromatic carbocycles. The highest BCUT2D eigenvalue weighted by Crippen LogP contribution is 2.23. The molecule has 2 rings (SSSR count). The fourth-order valence-corrected chi connectivity index (χ4v) is 2.31. The second-order valence-corrected chi connectivity index (χ2v) is 6.18. The highest BCUT2D eigenvalue weighted by atomic mass is 16.7. The summed E-state index contributed by atoms with van der Waals surface area (Å²) in [4.78, 5) is 23.0. The Labute approximate surface area is 152 Å². The molecule has 0 amide bonds. The van der Waals surface area contributed by atoms with Crippen molar-refractivity contribution in [2.75, 3.05) is 0 Å². The van der Waals surface area contributed by atoms with E-state index in [1.807, 2.05) is 38.1 Å². The lowest BCUT2D eigenvalue weighted by Crippen LogP contribution is -2.46. The zero-order valence-corrected chi connectivity index (χ0v) is 14.8. The SMILES string of the molecule is Cc1ccc(COC(CC(=O)O)(OCc2ccc(C)cc2)C(=O)O)cc1. The standard InChI is InChI=1S/C20H22O6/c1-14-3-7-16(8-4-14)12-25-20(19(23)24,11-18(21)22)26-13-17-9-5-15(2)6-10-17/h3-10H,11-13H2,1-2H3,(H,21,22)(H,23,24). The van der Waals surface area contributed by atoms with Crippen LogP contribution in [-0.4, -0.2) is 27.9 Å². The molecule has 0 bridgehead atoms. The molecule has 0 aliphatic carbocycles. The third-order valence-corrected chi connectivity index (χ3v) is 3.89. The summed E-state index contributed by atoms with van der Waals surface area (Å²) in [6, 6.07) is 14.6. The van der Waals surface area contributed by atoms with E-state index in [0.29, 0.717) is 0 Å². The summed E-state index contributed by atoms with van der Waals surface area (Å²) in [6.45, 7) is 3.71. The van der Waals surface area contributed by atoms with Gasteiger partial charge in [-0.3, -0.25) is 4.79 Å². The molecule has 0 aliphatic rings. The number of ether oxygens (including phenoxy) is 2. The van der Waals surface area contributed by atoms with Crippen molar-refractivity contribution in [2.45, 2.75) is 39.3 Å². The van der Waals surface area contributed by atoms with Crippen LogP contribution >= 0.6 is 0 Å². The average Bonchev–Trinajstić information content (AvgIpc) is 2.59. The summed E-state index contributed by atoms with van der Waals surface area (Å²) in [6.07, 6.45) is -0.805. The van der Waals surface area contributed by atoms with Crippen molar-refractivity contribution in [3.63, 3.8) is 0 Å². The van der Waals surface area contributed by atoms with E-state index < -0.39 is 24.1 Å². The van der Waals surface area contributed by atoms with Gasteiger partial charge < -0.3 is 19.7 Å². The summed E-state index contributed by atoms with van der Waals surface area (Å²) in [5, 5.41) is 18.7. The van der Waals surface area contributed by atoms with Crippen molar-refractivity contribution in [3.8, 4) is 0 Å². The van der Waals surface area contributed by atoms with Crippen LogP contribution in [-0.2, 0) is 32.3 Å². The lowest BCUT2D eigenvalue weighted by atomic mass is 10.1. The monoisotopic (exact) mass is 358 g/mol. The highest BCUT2D eigenvalue weighted by molar-refractivity contribution is 5.82. The van der Waals surface area contributed by atoms with Gasteiger partial charge in [-0.1, -0.05) is 59.7 Å². The topological polar surface area (TPSA) is 93.1 Å². The Morgan fingerprint density at radius 3 is 1.50 bits per heavy atom. The Bertz CT molecular complexity index is 699. The number of benzene rings is 2. The fraction of sp³-hybridized carbons (Fsp3) is 0.300. The Kier molecular flexibility index (Phi) is 6.49. The minimum atomic E-state index is -2.26. The molecule has 0 atom stereocenters. The predicted molar refractivity (Wildman–Crippen MR) is 94.6 cm³/mol. The van der Waals surface area contributed by atoms with Crippen molar-refractivity contribution < 1.29 is 29.3 Å². The maximum atomic E-state index is 11.8. The molecule has 6 heteroatoms. The van der Waals surface area contributed by atoms with E-state index in [0.717, 1.165) is 22.3 Å². The van der Waals surface area contributed by atoms with Crippen LogP contribution in [0.5, 0.6) is 0 Å².